The van der Waals surface area contributed by atoms with Crippen molar-refractivity contribution < 1.29 is 13.2 Å². The van der Waals surface area contributed by atoms with Gasteiger partial charge in [-0.1, -0.05) is 11.8 Å². The molecule has 2 aliphatic carbocycles. The summed E-state index contributed by atoms with van der Waals surface area (Å²) < 4.78 is 40.2. The smallest absolute Gasteiger partial charge is 0.329 e. The first-order valence-corrected chi connectivity index (χ1v) is 7.27. The number of hydrogen-bond acceptors (Lipinski definition) is 4. The maximum atomic E-state index is 12.8. The van der Waals surface area contributed by atoms with Gasteiger partial charge >= 0.3 is 6.18 Å². The van der Waals surface area contributed by atoms with E-state index in [4.69, 9.17) is 5.73 Å². The molecule has 2 saturated carbocycles. The molecule has 0 saturated heterocycles. The molecule has 1 aromatic heterocycles. The highest BCUT2D eigenvalue weighted by Gasteiger charge is 2.42. The number of alkyl halides is 3. The van der Waals surface area contributed by atoms with Crippen LogP contribution < -0.4 is 5.73 Å². The molecule has 4 nitrogen and oxygen atoms in total. The van der Waals surface area contributed by atoms with Crippen molar-refractivity contribution in [1.82, 2.24) is 14.8 Å². The van der Waals surface area contributed by atoms with Crippen LogP contribution in [0.2, 0.25) is 0 Å². The van der Waals surface area contributed by atoms with E-state index in [9.17, 15) is 13.2 Å². The van der Waals surface area contributed by atoms with Crippen molar-refractivity contribution in [2.24, 2.45) is 5.73 Å². The number of hydrogen-bond donors (Lipinski definition) is 1. The number of thioether (sulfide) groups is 1. The van der Waals surface area contributed by atoms with Crippen LogP contribution in [0, 0.1) is 0 Å². The lowest BCUT2D eigenvalue weighted by atomic mass is 10.4. The minimum absolute atomic E-state index is 0.291. The van der Waals surface area contributed by atoms with Crippen LogP contribution in [0.5, 0.6) is 0 Å². The first kappa shape index (κ1) is 13.2. The summed E-state index contributed by atoms with van der Waals surface area (Å²) in [4.78, 5) is 0. The SMILES string of the molecule is NCC(Sc1nnc(C2CC2)n1C1CC1)C(F)(F)F. The van der Waals surface area contributed by atoms with Crippen molar-refractivity contribution >= 4 is 11.8 Å². The quantitative estimate of drug-likeness (QED) is 0.847. The summed E-state index contributed by atoms with van der Waals surface area (Å²) >= 11 is 0.696. The van der Waals surface area contributed by atoms with Crippen molar-refractivity contribution in [3.05, 3.63) is 5.82 Å². The third-order valence-electron chi connectivity index (χ3n) is 3.37. The highest BCUT2D eigenvalue weighted by Crippen LogP contribution is 2.47. The molecule has 8 heteroatoms. The van der Waals surface area contributed by atoms with Crippen molar-refractivity contribution in [3.63, 3.8) is 0 Å². The molecule has 0 radical (unpaired) electrons. The summed E-state index contributed by atoms with van der Waals surface area (Å²) in [5.74, 6) is 1.26. The highest BCUT2D eigenvalue weighted by molar-refractivity contribution is 7.99. The molecule has 1 heterocycles. The van der Waals surface area contributed by atoms with Gasteiger partial charge < -0.3 is 10.3 Å². The molecule has 2 N–H and O–H groups in total. The molecule has 2 aliphatic rings. The van der Waals surface area contributed by atoms with Gasteiger partial charge in [0.25, 0.3) is 0 Å². The third-order valence-corrected chi connectivity index (χ3v) is 4.61. The van der Waals surface area contributed by atoms with E-state index in [1.807, 2.05) is 4.57 Å². The summed E-state index contributed by atoms with van der Waals surface area (Å²) in [6.45, 7) is -0.440. The maximum Gasteiger partial charge on any atom is 0.402 e. The van der Waals surface area contributed by atoms with Gasteiger partial charge in [-0.05, 0) is 25.7 Å². The van der Waals surface area contributed by atoms with E-state index in [0.717, 1.165) is 31.5 Å². The molecule has 0 bridgehead atoms. The first-order valence-electron chi connectivity index (χ1n) is 6.39. The molecule has 3 rings (SSSR count). The molecule has 106 valence electrons. The molecule has 2 fully saturated rings. The fourth-order valence-corrected chi connectivity index (χ4v) is 2.97. The third kappa shape index (κ3) is 2.74. The van der Waals surface area contributed by atoms with E-state index >= 15 is 0 Å². The predicted molar refractivity (Wildman–Crippen MR) is 65.0 cm³/mol. The van der Waals surface area contributed by atoms with Gasteiger partial charge in [0, 0.05) is 18.5 Å². The number of nitrogens with zero attached hydrogens (tertiary/aromatic N) is 3. The van der Waals surface area contributed by atoms with E-state index in [0.29, 0.717) is 28.9 Å². The van der Waals surface area contributed by atoms with Crippen LogP contribution >= 0.6 is 11.8 Å². The number of rotatable bonds is 5. The lowest BCUT2D eigenvalue weighted by molar-refractivity contribution is -0.126. The minimum Gasteiger partial charge on any atom is -0.329 e. The lowest BCUT2D eigenvalue weighted by Crippen LogP contribution is -2.33. The molecule has 0 aliphatic heterocycles. The Kier molecular flexibility index (Phi) is 3.24. The monoisotopic (exact) mass is 292 g/mol. The molecule has 1 unspecified atom stereocenters. The number of nitrogens with two attached hydrogens (primary N) is 1. The Morgan fingerprint density at radius 2 is 1.95 bits per heavy atom. The average molecular weight is 292 g/mol. The van der Waals surface area contributed by atoms with E-state index < -0.39 is 18.0 Å². The van der Waals surface area contributed by atoms with E-state index in [2.05, 4.69) is 10.2 Å². The van der Waals surface area contributed by atoms with E-state index in [1.165, 1.54) is 0 Å². The van der Waals surface area contributed by atoms with Gasteiger partial charge in [0.1, 0.15) is 11.1 Å². The van der Waals surface area contributed by atoms with Gasteiger partial charge in [-0.25, -0.2) is 0 Å². The normalized spacial score (nSPS) is 21.7. The zero-order valence-electron chi connectivity index (χ0n) is 10.2. The van der Waals surface area contributed by atoms with Crippen molar-refractivity contribution in [3.8, 4) is 0 Å². The Labute approximate surface area is 112 Å². The molecular weight excluding hydrogens is 277 g/mol. The van der Waals surface area contributed by atoms with Crippen LogP contribution in [0.4, 0.5) is 13.2 Å². The fraction of sp³-hybridized carbons (Fsp3) is 0.818. The Morgan fingerprint density at radius 3 is 2.42 bits per heavy atom. The molecule has 19 heavy (non-hydrogen) atoms. The maximum absolute atomic E-state index is 12.8. The van der Waals surface area contributed by atoms with Gasteiger partial charge in [0.15, 0.2) is 5.16 Å². The minimum atomic E-state index is -4.31. The van der Waals surface area contributed by atoms with Crippen molar-refractivity contribution in [1.29, 1.82) is 0 Å². The predicted octanol–water partition coefficient (Wildman–Crippen LogP) is 2.47. The number of aromatic nitrogens is 3. The number of halogens is 3. The Morgan fingerprint density at radius 1 is 1.26 bits per heavy atom. The zero-order chi connectivity index (χ0) is 13.6. The molecule has 1 aromatic rings. The Hall–Kier alpha value is -0.760. The van der Waals surface area contributed by atoms with Crippen LogP contribution in [0.3, 0.4) is 0 Å². The molecule has 0 spiro atoms. The van der Waals surface area contributed by atoms with Crippen LogP contribution in [-0.4, -0.2) is 32.7 Å². The average Bonchev–Trinajstić information content (AvgIpc) is 3.23. The second-order valence-electron chi connectivity index (χ2n) is 5.10. The first-order chi connectivity index (χ1) is 9.00. The highest BCUT2D eigenvalue weighted by atomic mass is 32.2. The van der Waals surface area contributed by atoms with Crippen molar-refractivity contribution in [2.45, 2.75) is 54.2 Å². The van der Waals surface area contributed by atoms with Crippen LogP contribution in [0.1, 0.15) is 43.5 Å². The molecule has 1 atom stereocenters. The van der Waals surface area contributed by atoms with Gasteiger partial charge in [0.05, 0.1) is 0 Å². The largest absolute Gasteiger partial charge is 0.402 e. The van der Waals surface area contributed by atoms with Crippen LogP contribution in [0.15, 0.2) is 5.16 Å². The molecular formula is C11H15F3N4S. The van der Waals surface area contributed by atoms with Gasteiger partial charge in [-0.3, -0.25) is 0 Å². The summed E-state index contributed by atoms with van der Waals surface area (Å²) in [7, 11) is 0. The molecule has 0 amide bonds. The van der Waals surface area contributed by atoms with Gasteiger partial charge in [-0.15, -0.1) is 10.2 Å². The van der Waals surface area contributed by atoms with Crippen molar-refractivity contribution in [2.75, 3.05) is 6.54 Å². The topological polar surface area (TPSA) is 56.7 Å². The summed E-state index contributed by atoms with van der Waals surface area (Å²) in [5, 5.41) is 6.82. The van der Waals surface area contributed by atoms with Crippen LogP contribution in [-0.2, 0) is 0 Å². The fourth-order valence-electron chi connectivity index (χ4n) is 2.04. The second kappa shape index (κ2) is 4.66. The lowest BCUT2D eigenvalue weighted by Gasteiger charge is -2.18. The molecule has 0 aromatic carbocycles. The zero-order valence-corrected chi connectivity index (χ0v) is 11.0. The van der Waals surface area contributed by atoms with Crippen LogP contribution in [0.25, 0.3) is 0 Å². The second-order valence-corrected chi connectivity index (χ2v) is 6.27. The van der Waals surface area contributed by atoms with Gasteiger partial charge in [-0.2, -0.15) is 13.2 Å². The Bertz CT molecular complexity index is 465. The summed E-state index contributed by atoms with van der Waals surface area (Å²) in [6.07, 6.45) is -0.168. The summed E-state index contributed by atoms with van der Waals surface area (Å²) in [5.41, 5.74) is 5.23. The summed E-state index contributed by atoms with van der Waals surface area (Å²) in [6, 6.07) is 0.291. The van der Waals surface area contributed by atoms with E-state index in [-0.39, 0.29) is 0 Å². The Balaban J connectivity index is 1.84. The standard InChI is InChI=1S/C11H15F3N4S/c12-11(13,14)8(5-15)19-10-17-16-9(6-1-2-6)18(10)7-3-4-7/h6-8H,1-5,15H2. The van der Waals surface area contributed by atoms with Gasteiger partial charge in [0.2, 0.25) is 0 Å². The van der Waals surface area contributed by atoms with E-state index in [1.54, 1.807) is 0 Å².